The Morgan fingerprint density at radius 2 is 1.80 bits per heavy atom. The highest BCUT2D eigenvalue weighted by molar-refractivity contribution is 6.32. The van der Waals surface area contributed by atoms with Gasteiger partial charge in [0.05, 0.1) is 5.52 Å². The van der Waals surface area contributed by atoms with Crippen LogP contribution in [-0.4, -0.2) is 12.0 Å². The molecule has 0 aliphatic rings. The summed E-state index contributed by atoms with van der Waals surface area (Å²) in [5.41, 5.74) is 3.16. The first-order valence-corrected chi connectivity index (χ1v) is 5.25. The molecule has 1 N–H and O–H groups in total. The lowest BCUT2D eigenvalue weighted by molar-refractivity contribution is 1.28. The number of nitrogens with zero attached hydrogens (tertiary/aromatic N) is 1. The van der Waals surface area contributed by atoms with Gasteiger partial charge < -0.3 is 5.32 Å². The summed E-state index contributed by atoms with van der Waals surface area (Å²) in [4.78, 5) is 4.50. The number of hydrogen-bond acceptors (Lipinski definition) is 2. The standard InChI is InChI=1S/C12H13ClN2/c1-7-4-9-5-8(2)12(14-3)15-11(9)6-10(7)13/h4-6H,1-3H3,(H,14,15). The largest absolute Gasteiger partial charge is 0.373 e. The smallest absolute Gasteiger partial charge is 0.129 e. The molecule has 0 spiro atoms. The van der Waals surface area contributed by atoms with Crippen LogP contribution in [0.1, 0.15) is 11.1 Å². The molecule has 3 heteroatoms. The maximum Gasteiger partial charge on any atom is 0.129 e. The second-order valence-corrected chi connectivity index (χ2v) is 4.11. The zero-order valence-corrected chi connectivity index (χ0v) is 9.81. The van der Waals surface area contributed by atoms with Crippen molar-refractivity contribution >= 4 is 28.3 Å². The predicted molar refractivity (Wildman–Crippen MR) is 65.8 cm³/mol. The highest BCUT2D eigenvalue weighted by atomic mass is 35.5. The highest BCUT2D eigenvalue weighted by Crippen LogP contribution is 2.25. The van der Waals surface area contributed by atoms with Gasteiger partial charge in [-0.15, -0.1) is 0 Å². The average Bonchev–Trinajstić information content (AvgIpc) is 2.20. The van der Waals surface area contributed by atoms with E-state index in [1.54, 1.807) is 0 Å². The molecule has 0 bridgehead atoms. The number of benzene rings is 1. The highest BCUT2D eigenvalue weighted by Gasteiger charge is 2.04. The van der Waals surface area contributed by atoms with Gasteiger partial charge in [-0.2, -0.15) is 0 Å². The molecule has 0 amide bonds. The maximum atomic E-state index is 6.06. The summed E-state index contributed by atoms with van der Waals surface area (Å²) in [6.07, 6.45) is 0. The first-order chi connectivity index (χ1) is 7.11. The number of anilines is 1. The van der Waals surface area contributed by atoms with E-state index in [1.165, 1.54) is 0 Å². The molecule has 0 aliphatic heterocycles. The number of aryl methyl sites for hydroxylation is 2. The van der Waals surface area contributed by atoms with Crippen molar-refractivity contribution in [2.24, 2.45) is 0 Å². The van der Waals surface area contributed by atoms with E-state index in [-0.39, 0.29) is 0 Å². The van der Waals surface area contributed by atoms with Crippen molar-refractivity contribution in [1.29, 1.82) is 0 Å². The number of rotatable bonds is 1. The summed E-state index contributed by atoms with van der Waals surface area (Å²) < 4.78 is 0. The Morgan fingerprint density at radius 1 is 1.13 bits per heavy atom. The Labute approximate surface area is 94.3 Å². The van der Waals surface area contributed by atoms with Crippen molar-refractivity contribution in [2.75, 3.05) is 12.4 Å². The van der Waals surface area contributed by atoms with Crippen molar-refractivity contribution in [2.45, 2.75) is 13.8 Å². The summed E-state index contributed by atoms with van der Waals surface area (Å²) in [5, 5.41) is 4.96. The Morgan fingerprint density at radius 3 is 2.47 bits per heavy atom. The van der Waals surface area contributed by atoms with Gasteiger partial charge in [0, 0.05) is 17.5 Å². The number of fused-ring (bicyclic) bond motifs is 1. The van der Waals surface area contributed by atoms with Crippen LogP contribution < -0.4 is 5.32 Å². The Balaban J connectivity index is 2.76. The number of nitrogens with one attached hydrogen (secondary N) is 1. The van der Waals surface area contributed by atoms with E-state index in [4.69, 9.17) is 11.6 Å². The van der Waals surface area contributed by atoms with E-state index in [2.05, 4.69) is 22.4 Å². The third-order valence-electron chi connectivity index (χ3n) is 2.52. The fourth-order valence-electron chi connectivity index (χ4n) is 1.67. The molecule has 0 fully saturated rings. The number of hydrogen-bond donors (Lipinski definition) is 1. The molecule has 0 atom stereocenters. The maximum absolute atomic E-state index is 6.06. The van der Waals surface area contributed by atoms with Gasteiger partial charge in [-0.1, -0.05) is 11.6 Å². The van der Waals surface area contributed by atoms with E-state index in [0.717, 1.165) is 32.9 Å². The average molecular weight is 221 g/mol. The molecule has 0 aliphatic carbocycles. The molecule has 0 unspecified atom stereocenters. The van der Waals surface area contributed by atoms with Crippen LogP contribution in [0.15, 0.2) is 18.2 Å². The fraction of sp³-hybridized carbons (Fsp3) is 0.250. The minimum absolute atomic E-state index is 0.765. The van der Waals surface area contributed by atoms with E-state index >= 15 is 0 Å². The molecule has 0 saturated heterocycles. The SMILES string of the molecule is CNc1nc2cc(Cl)c(C)cc2cc1C. The molecule has 1 aromatic carbocycles. The minimum Gasteiger partial charge on any atom is -0.373 e. The molecular formula is C12H13ClN2. The summed E-state index contributed by atoms with van der Waals surface area (Å²) in [6, 6.07) is 6.10. The van der Waals surface area contributed by atoms with Crippen molar-refractivity contribution in [1.82, 2.24) is 4.98 Å². The first kappa shape index (κ1) is 10.2. The minimum atomic E-state index is 0.765. The molecule has 0 saturated carbocycles. The zero-order chi connectivity index (χ0) is 11.0. The summed E-state index contributed by atoms with van der Waals surface area (Å²) in [5.74, 6) is 0.905. The molecule has 15 heavy (non-hydrogen) atoms. The lowest BCUT2D eigenvalue weighted by Crippen LogP contribution is -1.96. The van der Waals surface area contributed by atoms with E-state index < -0.39 is 0 Å². The van der Waals surface area contributed by atoms with Crippen LogP contribution in [-0.2, 0) is 0 Å². The van der Waals surface area contributed by atoms with Gasteiger partial charge in [-0.05, 0) is 43.2 Å². The Kier molecular flexibility index (Phi) is 2.53. The van der Waals surface area contributed by atoms with Crippen LogP contribution in [0.25, 0.3) is 10.9 Å². The monoisotopic (exact) mass is 220 g/mol. The van der Waals surface area contributed by atoms with Crippen molar-refractivity contribution in [3.8, 4) is 0 Å². The van der Waals surface area contributed by atoms with Crippen LogP contribution in [0.4, 0.5) is 5.82 Å². The fourth-order valence-corrected chi connectivity index (χ4v) is 1.83. The third-order valence-corrected chi connectivity index (χ3v) is 2.93. The molecule has 1 heterocycles. The predicted octanol–water partition coefficient (Wildman–Crippen LogP) is 3.55. The van der Waals surface area contributed by atoms with E-state index in [0.29, 0.717) is 0 Å². The second kappa shape index (κ2) is 3.70. The van der Waals surface area contributed by atoms with Gasteiger partial charge in [0.25, 0.3) is 0 Å². The molecular weight excluding hydrogens is 208 g/mol. The van der Waals surface area contributed by atoms with E-state index in [9.17, 15) is 0 Å². The van der Waals surface area contributed by atoms with Gasteiger partial charge in [0.15, 0.2) is 0 Å². The van der Waals surface area contributed by atoms with Crippen LogP contribution in [0, 0.1) is 13.8 Å². The van der Waals surface area contributed by atoms with Crippen LogP contribution in [0.5, 0.6) is 0 Å². The van der Waals surface area contributed by atoms with Gasteiger partial charge >= 0.3 is 0 Å². The first-order valence-electron chi connectivity index (χ1n) is 4.87. The molecule has 78 valence electrons. The lowest BCUT2D eigenvalue weighted by atomic mass is 10.1. The lowest BCUT2D eigenvalue weighted by Gasteiger charge is -2.07. The normalized spacial score (nSPS) is 10.7. The summed E-state index contributed by atoms with van der Waals surface area (Å²) in [7, 11) is 1.87. The van der Waals surface area contributed by atoms with Crippen LogP contribution in [0.2, 0.25) is 5.02 Å². The number of aromatic nitrogens is 1. The zero-order valence-electron chi connectivity index (χ0n) is 9.06. The van der Waals surface area contributed by atoms with Gasteiger partial charge in [0.2, 0.25) is 0 Å². The topological polar surface area (TPSA) is 24.9 Å². The number of halogens is 1. The summed E-state index contributed by atoms with van der Waals surface area (Å²) >= 11 is 6.06. The van der Waals surface area contributed by atoms with E-state index in [1.807, 2.05) is 27.0 Å². The quantitative estimate of drug-likeness (QED) is 0.795. The van der Waals surface area contributed by atoms with Gasteiger partial charge in [-0.3, -0.25) is 0 Å². The third kappa shape index (κ3) is 1.77. The molecule has 1 aromatic heterocycles. The van der Waals surface area contributed by atoms with Crippen LogP contribution >= 0.6 is 11.6 Å². The molecule has 2 nitrogen and oxygen atoms in total. The Bertz CT molecular complexity index is 521. The molecule has 2 aromatic rings. The van der Waals surface area contributed by atoms with Gasteiger partial charge in [-0.25, -0.2) is 4.98 Å². The molecule has 0 radical (unpaired) electrons. The summed E-state index contributed by atoms with van der Waals surface area (Å²) in [6.45, 7) is 4.05. The second-order valence-electron chi connectivity index (χ2n) is 3.70. The molecule has 2 rings (SSSR count). The van der Waals surface area contributed by atoms with Gasteiger partial charge in [0.1, 0.15) is 5.82 Å². The Hall–Kier alpha value is -1.28. The van der Waals surface area contributed by atoms with Crippen LogP contribution in [0.3, 0.4) is 0 Å². The van der Waals surface area contributed by atoms with Crippen molar-refractivity contribution in [3.63, 3.8) is 0 Å². The number of pyridine rings is 1. The van der Waals surface area contributed by atoms with Crippen molar-refractivity contribution in [3.05, 3.63) is 34.3 Å². The van der Waals surface area contributed by atoms with Crippen molar-refractivity contribution < 1.29 is 0 Å².